The Morgan fingerprint density at radius 1 is 1.50 bits per heavy atom. The normalized spacial score (nSPS) is 13.2. The lowest BCUT2D eigenvalue weighted by Crippen LogP contribution is -2.17. The van der Waals surface area contributed by atoms with Crippen molar-refractivity contribution in [3.63, 3.8) is 0 Å². The minimum absolute atomic E-state index is 0.0277. The third-order valence-corrected chi connectivity index (χ3v) is 3.84. The summed E-state index contributed by atoms with van der Waals surface area (Å²) in [4.78, 5) is 10.8. The molecule has 0 radical (unpaired) electrons. The van der Waals surface area contributed by atoms with E-state index < -0.39 is 0 Å². The summed E-state index contributed by atoms with van der Waals surface area (Å²) in [5.74, 6) is -0.0928. The number of aliphatic hydroxyl groups is 1. The van der Waals surface area contributed by atoms with Crippen LogP contribution in [0.15, 0.2) is 12.4 Å². The minimum Gasteiger partial charge on any atom is -0.396 e. The summed E-state index contributed by atoms with van der Waals surface area (Å²) in [5, 5.41) is 10.3. The number of nitrogens with two attached hydrogens (primary N) is 1. The zero-order valence-electron chi connectivity index (χ0n) is 9.18. The molecule has 2 heterocycles. The van der Waals surface area contributed by atoms with Crippen molar-refractivity contribution in [3.05, 3.63) is 23.0 Å². The average molecular weight is 237 g/mol. The summed E-state index contributed by atoms with van der Waals surface area (Å²) in [6, 6.07) is 2.10. The molecule has 1 atom stereocenters. The van der Waals surface area contributed by atoms with Crippen molar-refractivity contribution in [2.75, 3.05) is 13.2 Å². The zero-order chi connectivity index (χ0) is 11.5. The first-order valence-corrected chi connectivity index (χ1v) is 6.16. The smallest absolute Gasteiger partial charge is 0.127 e. The van der Waals surface area contributed by atoms with E-state index in [-0.39, 0.29) is 12.5 Å². The van der Waals surface area contributed by atoms with Crippen molar-refractivity contribution in [2.24, 2.45) is 5.73 Å². The van der Waals surface area contributed by atoms with Gasteiger partial charge in [-0.25, -0.2) is 9.97 Å². The summed E-state index contributed by atoms with van der Waals surface area (Å²) in [7, 11) is 0. The fourth-order valence-electron chi connectivity index (χ4n) is 1.70. The average Bonchev–Trinajstić information content (AvgIpc) is 2.74. The van der Waals surface area contributed by atoms with Gasteiger partial charge < -0.3 is 10.8 Å². The maximum absolute atomic E-state index is 9.27. The standard InChI is InChI=1S/C11H15N3OS/c1-2-8-3-9-10(7(4-12)5-15)13-6-14-11(9)16-8/h3,6-7,15H,2,4-5,12H2,1H3. The number of aryl methyl sites for hydroxylation is 1. The maximum Gasteiger partial charge on any atom is 0.127 e. The highest BCUT2D eigenvalue weighted by atomic mass is 32.1. The van der Waals surface area contributed by atoms with Gasteiger partial charge >= 0.3 is 0 Å². The third kappa shape index (κ3) is 1.93. The maximum atomic E-state index is 9.27. The fraction of sp³-hybridized carbons (Fsp3) is 0.455. The number of hydrogen-bond acceptors (Lipinski definition) is 5. The van der Waals surface area contributed by atoms with E-state index in [1.54, 1.807) is 17.7 Å². The van der Waals surface area contributed by atoms with Crippen molar-refractivity contribution in [1.82, 2.24) is 9.97 Å². The van der Waals surface area contributed by atoms with Crippen molar-refractivity contribution < 1.29 is 5.11 Å². The molecule has 0 saturated carbocycles. The number of aliphatic hydroxyl groups excluding tert-OH is 1. The predicted molar refractivity (Wildman–Crippen MR) is 65.7 cm³/mol. The molecular weight excluding hydrogens is 222 g/mol. The van der Waals surface area contributed by atoms with E-state index in [0.29, 0.717) is 6.54 Å². The Hall–Kier alpha value is -1.04. The molecule has 2 rings (SSSR count). The summed E-state index contributed by atoms with van der Waals surface area (Å²) < 4.78 is 0. The van der Waals surface area contributed by atoms with E-state index in [9.17, 15) is 5.11 Å². The molecule has 0 saturated heterocycles. The molecular formula is C11H15N3OS. The monoisotopic (exact) mass is 237 g/mol. The largest absolute Gasteiger partial charge is 0.396 e. The van der Waals surface area contributed by atoms with Crippen LogP contribution in [0, 0.1) is 0 Å². The van der Waals surface area contributed by atoms with Gasteiger partial charge in [0.15, 0.2) is 0 Å². The van der Waals surface area contributed by atoms with Crippen LogP contribution in [0.25, 0.3) is 10.2 Å². The molecule has 0 fully saturated rings. The highest BCUT2D eigenvalue weighted by Gasteiger charge is 2.15. The zero-order valence-corrected chi connectivity index (χ0v) is 10.00. The highest BCUT2D eigenvalue weighted by molar-refractivity contribution is 7.18. The molecule has 1 unspecified atom stereocenters. The van der Waals surface area contributed by atoms with Gasteiger partial charge in [0.1, 0.15) is 11.2 Å². The summed E-state index contributed by atoms with van der Waals surface area (Å²) in [6.07, 6.45) is 2.54. The number of hydrogen-bond donors (Lipinski definition) is 2. The van der Waals surface area contributed by atoms with Crippen LogP contribution in [0.3, 0.4) is 0 Å². The van der Waals surface area contributed by atoms with Crippen LogP contribution in [-0.2, 0) is 6.42 Å². The van der Waals surface area contributed by atoms with Crippen molar-refractivity contribution in [1.29, 1.82) is 0 Å². The second-order valence-corrected chi connectivity index (χ2v) is 4.77. The number of fused-ring (bicyclic) bond motifs is 1. The molecule has 0 aliphatic heterocycles. The SMILES string of the molecule is CCc1cc2c(C(CN)CO)ncnc2s1. The molecule has 3 N–H and O–H groups in total. The van der Waals surface area contributed by atoms with Crippen LogP contribution < -0.4 is 5.73 Å². The topological polar surface area (TPSA) is 72.0 Å². The van der Waals surface area contributed by atoms with Gasteiger partial charge in [0.2, 0.25) is 0 Å². The van der Waals surface area contributed by atoms with Gasteiger partial charge in [0.25, 0.3) is 0 Å². The van der Waals surface area contributed by atoms with Gasteiger partial charge in [-0.2, -0.15) is 0 Å². The summed E-state index contributed by atoms with van der Waals surface area (Å²) >= 11 is 1.68. The molecule has 0 aromatic carbocycles. The molecule has 5 heteroatoms. The Labute approximate surface area is 98.2 Å². The molecule has 0 aliphatic rings. The van der Waals surface area contributed by atoms with Crippen molar-refractivity contribution in [2.45, 2.75) is 19.3 Å². The Kier molecular flexibility index (Phi) is 3.48. The van der Waals surface area contributed by atoms with E-state index in [4.69, 9.17) is 5.73 Å². The molecule has 86 valence electrons. The second-order valence-electron chi connectivity index (χ2n) is 3.66. The number of aromatic nitrogens is 2. The molecule has 0 aliphatic carbocycles. The van der Waals surface area contributed by atoms with Crippen LogP contribution in [0.5, 0.6) is 0 Å². The van der Waals surface area contributed by atoms with E-state index in [1.165, 1.54) is 4.88 Å². The van der Waals surface area contributed by atoms with Crippen LogP contribution in [-0.4, -0.2) is 28.2 Å². The van der Waals surface area contributed by atoms with Crippen LogP contribution in [0.1, 0.15) is 23.4 Å². The lowest BCUT2D eigenvalue weighted by molar-refractivity contribution is 0.266. The molecule has 2 aromatic rings. The summed E-state index contributed by atoms with van der Waals surface area (Å²) in [5.41, 5.74) is 6.50. The first kappa shape index (κ1) is 11.4. The molecule has 0 amide bonds. The lowest BCUT2D eigenvalue weighted by atomic mass is 10.0. The predicted octanol–water partition coefficient (Wildman–Crippen LogP) is 1.29. The van der Waals surface area contributed by atoms with Crippen LogP contribution in [0.4, 0.5) is 0 Å². The minimum atomic E-state index is -0.0928. The molecule has 0 bridgehead atoms. The number of nitrogens with zero attached hydrogens (tertiary/aromatic N) is 2. The Morgan fingerprint density at radius 3 is 2.94 bits per heavy atom. The Balaban J connectivity index is 2.55. The fourth-order valence-corrected chi connectivity index (χ4v) is 2.64. The molecule has 2 aromatic heterocycles. The van der Waals surface area contributed by atoms with Crippen LogP contribution in [0.2, 0.25) is 0 Å². The van der Waals surface area contributed by atoms with Gasteiger partial charge in [0, 0.05) is 22.7 Å². The number of thiophene rings is 1. The van der Waals surface area contributed by atoms with E-state index in [2.05, 4.69) is 23.0 Å². The highest BCUT2D eigenvalue weighted by Crippen LogP contribution is 2.28. The van der Waals surface area contributed by atoms with E-state index >= 15 is 0 Å². The summed E-state index contributed by atoms with van der Waals surface area (Å²) in [6.45, 7) is 2.55. The number of rotatable bonds is 4. The van der Waals surface area contributed by atoms with Gasteiger partial charge in [0.05, 0.1) is 12.3 Å². The first-order chi connectivity index (χ1) is 7.80. The van der Waals surface area contributed by atoms with Gasteiger partial charge in [-0.05, 0) is 12.5 Å². The third-order valence-electron chi connectivity index (χ3n) is 2.65. The van der Waals surface area contributed by atoms with Crippen molar-refractivity contribution in [3.8, 4) is 0 Å². The Morgan fingerprint density at radius 2 is 2.31 bits per heavy atom. The molecule has 0 spiro atoms. The quantitative estimate of drug-likeness (QED) is 0.840. The van der Waals surface area contributed by atoms with Gasteiger partial charge in [-0.3, -0.25) is 0 Å². The van der Waals surface area contributed by atoms with Gasteiger partial charge in [-0.1, -0.05) is 6.92 Å². The van der Waals surface area contributed by atoms with Gasteiger partial charge in [-0.15, -0.1) is 11.3 Å². The molecule has 16 heavy (non-hydrogen) atoms. The lowest BCUT2D eigenvalue weighted by Gasteiger charge is -2.10. The first-order valence-electron chi connectivity index (χ1n) is 5.34. The molecule has 4 nitrogen and oxygen atoms in total. The van der Waals surface area contributed by atoms with Crippen LogP contribution >= 0.6 is 11.3 Å². The second kappa shape index (κ2) is 4.86. The van der Waals surface area contributed by atoms with Crippen molar-refractivity contribution >= 4 is 21.6 Å². The Bertz CT molecular complexity index is 479. The van der Waals surface area contributed by atoms with E-state index in [0.717, 1.165) is 22.3 Å². The van der Waals surface area contributed by atoms with E-state index in [1.807, 2.05) is 0 Å².